The van der Waals surface area contributed by atoms with Gasteiger partial charge in [0.15, 0.2) is 0 Å². The van der Waals surface area contributed by atoms with E-state index in [0.29, 0.717) is 5.56 Å². The van der Waals surface area contributed by atoms with Gasteiger partial charge in [0.05, 0.1) is 6.42 Å². The number of hydrogen-bond acceptors (Lipinski definition) is 2. The molecule has 5 nitrogen and oxygen atoms in total. The molecule has 2 aromatic rings. The lowest BCUT2D eigenvalue weighted by Crippen LogP contribution is -2.31. The van der Waals surface area contributed by atoms with Crippen molar-refractivity contribution in [3.63, 3.8) is 0 Å². The molecule has 0 aliphatic rings. The van der Waals surface area contributed by atoms with E-state index in [-0.39, 0.29) is 24.1 Å². The predicted octanol–water partition coefficient (Wildman–Crippen LogP) is 1.94. The van der Waals surface area contributed by atoms with Gasteiger partial charge in [-0.2, -0.15) is 0 Å². The number of rotatable bonds is 4. The minimum atomic E-state index is -1.02. The highest BCUT2D eigenvalue weighted by Gasteiger charge is 2.22. The predicted molar refractivity (Wildman–Crippen MR) is 76.9 cm³/mol. The molecule has 0 radical (unpaired) electrons. The van der Waals surface area contributed by atoms with Crippen LogP contribution in [-0.2, 0) is 18.3 Å². The third kappa shape index (κ3) is 2.52. The summed E-state index contributed by atoms with van der Waals surface area (Å²) in [7, 11) is 1.70. The van der Waals surface area contributed by atoms with E-state index in [1.54, 1.807) is 11.6 Å². The summed E-state index contributed by atoms with van der Waals surface area (Å²) in [4.78, 5) is 23.4. The van der Waals surface area contributed by atoms with Crippen LogP contribution >= 0.6 is 0 Å². The van der Waals surface area contributed by atoms with Crippen molar-refractivity contribution in [2.45, 2.75) is 26.3 Å². The molecule has 1 aromatic heterocycles. The molecule has 20 heavy (non-hydrogen) atoms. The molecule has 1 amide bonds. The Bertz CT molecular complexity index is 671. The molecule has 0 bridgehead atoms. The molecule has 0 saturated heterocycles. The van der Waals surface area contributed by atoms with Gasteiger partial charge >= 0.3 is 5.97 Å². The standard InChI is InChI=1S/C15H18N2O3/c1-9(2)16-13(18)8-11-10-6-4-5-7-12(10)17(3)14(11)15(19)20/h4-7,9H,8H2,1-3H3,(H,16,18)(H,19,20). The summed E-state index contributed by atoms with van der Waals surface area (Å²) in [5.74, 6) is -1.19. The van der Waals surface area contributed by atoms with Gasteiger partial charge in [-0.15, -0.1) is 0 Å². The molecule has 1 heterocycles. The van der Waals surface area contributed by atoms with Crippen molar-refractivity contribution in [2.75, 3.05) is 0 Å². The van der Waals surface area contributed by atoms with Crippen molar-refractivity contribution in [3.8, 4) is 0 Å². The van der Waals surface area contributed by atoms with E-state index in [1.807, 2.05) is 38.1 Å². The number of hydrogen-bond donors (Lipinski definition) is 2. The van der Waals surface area contributed by atoms with Gasteiger partial charge in [-0.25, -0.2) is 4.79 Å². The number of carbonyl (C=O) groups excluding carboxylic acids is 1. The second-order valence-electron chi connectivity index (χ2n) is 5.11. The van der Waals surface area contributed by atoms with Crippen molar-refractivity contribution >= 4 is 22.8 Å². The van der Waals surface area contributed by atoms with E-state index in [1.165, 1.54) is 0 Å². The first kappa shape index (κ1) is 14.1. The fraction of sp³-hybridized carbons (Fsp3) is 0.333. The van der Waals surface area contributed by atoms with Crippen molar-refractivity contribution in [1.82, 2.24) is 9.88 Å². The number of carboxylic acid groups (broad SMARTS) is 1. The average Bonchev–Trinajstić information content (AvgIpc) is 2.62. The van der Waals surface area contributed by atoms with Crippen LogP contribution in [0.15, 0.2) is 24.3 Å². The normalized spacial score (nSPS) is 11.0. The zero-order valence-electron chi connectivity index (χ0n) is 11.8. The number of amides is 1. The lowest BCUT2D eigenvalue weighted by atomic mass is 10.1. The molecule has 0 fully saturated rings. The van der Waals surface area contributed by atoms with Crippen LogP contribution < -0.4 is 5.32 Å². The smallest absolute Gasteiger partial charge is 0.352 e. The van der Waals surface area contributed by atoms with E-state index in [4.69, 9.17) is 0 Å². The lowest BCUT2D eigenvalue weighted by molar-refractivity contribution is -0.120. The Morgan fingerprint density at radius 2 is 1.95 bits per heavy atom. The summed E-state index contributed by atoms with van der Waals surface area (Å²) in [5.41, 5.74) is 1.55. The lowest BCUT2D eigenvalue weighted by Gasteiger charge is -2.08. The molecule has 106 valence electrons. The molecular weight excluding hydrogens is 256 g/mol. The number of benzene rings is 1. The number of aryl methyl sites for hydroxylation is 1. The Labute approximate surface area is 117 Å². The van der Waals surface area contributed by atoms with Crippen LogP contribution in [0, 0.1) is 0 Å². The number of fused-ring (bicyclic) bond motifs is 1. The van der Waals surface area contributed by atoms with Gasteiger partial charge in [-0.1, -0.05) is 18.2 Å². The summed E-state index contributed by atoms with van der Waals surface area (Å²) in [6, 6.07) is 7.43. The first-order valence-electron chi connectivity index (χ1n) is 6.50. The minimum Gasteiger partial charge on any atom is -0.477 e. The number of carboxylic acids is 1. The van der Waals surface area contributed by atoms with E-state index >= 15 is 0 Å². The quantitative estimate of drug-likeness (QED) is 0.895. The molecule has 0 aliphatic carbocycles. The van der Waals surface area contributed by atoms with E-state index in [2.05, 4.69) is 5.32 Å². The highest BCUT2D eigenvalue weighted by Crippen LogP contribution is 2.25. The van der Waals surface area contributed by atoms with Crippen molar-refractivity contribution in [2.24, 2.45) is 7.05 Å². The Morgan fingerprint density at radius 1 is 1.30 bits per heavy atom. The SMILES string of the molecule is CC(C)NC(=O)Cc1c(C(=O)O)n(C)c2ccccc12. The maximum Gasteiger partial charge on any atom is 0.352 e. The fourth-order valence-electron chi connectivity index (χ4n) is 2.46. The monoisotopic (exact) mass is 274 g/mol. The van der Waals surface area contributed by atoms with Crippen LogP contribution in [0.1, 0.15) is 29.9 Å². The van der Waals surface area contributed by atoms with E-state index in [9.17, 15) is 14.7 Å². The maximum atomic E-state index is 11.9. The number of nitrogens with zero attached hydrogens (tertiary/aromatic N) is 1. The number of para-hydroxylation sites is 1. The second-order valence-corrected chi connectivity index (χ2v) is 5.11. The van der Waals surface area contributed by atoms with Crippen molar-refractivity contribution in [1.29, 1.82) is 0 Å². The molecule has 0 saturated carbocycles. The van der Waals surface area contributed by atoms with Gasteiger partial charge in [0, 0.05) is 29.6 Å². The van der Waals surface area contributed by atoms with Gasteiger partial charge in [-0.05, 0) is 19.9 Å². The largest absolute Gasteiger partial charge is 0.477 e. The number of carbonyl (C=O) groups is 2. The summed E-state index contributed by atoms with van der Waals surface area (Å²) in [6.45, 7) is 3.75. The van der Waals surface area contributed by atoms with Crippen LogP contribution in [0.5, 0.6) is 0 Å². The summed E-state index contributed by atoms with van der Waals surface area (Å²) in [5, 5.41) is 13.0. The van der Waals surface area contributed by atoms with Gasteiger partial charge in [-0.3, -0.25) is 4.79 Å². The highest BCUT2D eigenvalue weighted by molar-refractivity contribution is 6.00. The summed E-state index contributed by atoms with van der Waals surface area (Å²) >= 11 is 0. The van der Waals surface area contributed by atoms with Crippen LogP contribution in [-0.4, -0.2) is 27.6 Å². The molecule has 0 aliphatic heterocycles. The minimum absolute atomic E-state index is 0.0331. The molecule has 2 rings (SSSR count). The summed E-state index contributed by atoms with van der Waals surface area (Å²) in [6.07, 6.45) is 0.0706. The van der Waals surface area contributed by atoms with Gasteiger partial charge in [0.25, 0.3) is 0 Å². The third-order valence-electron chi connectivity index (χ3n) is 3.20. The molecule has 0 atom stereocenters. The number of nitrogens with one attached hydrogen (secondary N) is 1. The van der Waals surface area contributed by atoms with Gasteiger partial charge in [0.1, 0.15) is 5.69 Å². The number of aromatic carboxylic acids is 1. The fourth-order valence-corrected chi connectivity index (χ4v) is 2.46. The van der Waals surface area contributed by atoms with Crippen LogP contribution in [0.2, 0.25) is 0 Å². The van der Waals surface area contributed by atoms with Crippen molar-refractivity contribution < 1.29 is 14.7 Å². The third-order valence-corrected chi connectivity index (χ3v) is 3.20. The van der Waals surface area contributed by atoms with Gasteiger partial charge in [0.2, 0.25) is 5.91 Å². The zero-order chi connectivity index (χ0) is 14.9. The maximum absolute atomic E-state index is 11.9. The highest BCUT2D eigenvalue weighted by atomic mass is 16.4. The molecule has 1 aromatic carbocycles. The Hall–Kier alpha value is -2.30. The topological polar surface area (TPSA) is 71.3 Å². The van der Waals surface area contributed by atoms with Gasteiger partial charge < -0.3 is 15.0 Å². The first-order chi connectivity index (χ1) is 9.41. The van der Waals surface area contributed by atoms with Crippen LogP contribution in [0.25, 0.3) is 10.9 Å². The zero-order valence-corrected chi connectivity index (χ0v) is 11.8. The molecule has 0 unspecified atom stereocenters. The Balaban J connectivity index is 2.53. The molecule has 5 heteroatoms. The second kappa shape index (κ2) is 5.36. The van der Waals surface area contributed by atoms with E-state index < -0.39 is 5.97 Å². The summed E-state index contributed by atoms with van der Waals surface area (Å²) < 4.78 is 1.62. The Kier molecular flexibility index (Phi) is 3.79. The van der Waals surface area contributed by atoms with Crippen LogP contribution in [0.3, 0.4) is 0 Å². The number of aromatic nitrogens is 1. The van der Waals surface area contributed by atoms with Crippen LogP contribution in [0.4, 0.5) is 0 Å². The first-order valence-corrected chi connectivity index (χ1v) is 6.50. The van der Waals surface area contributed by atoms with E-state index in [0.717, 1.165) is 10.9 Å². The molecule has 2 N–H and O–H groups in total. The Morgan fingerprint density at radius 3 is 2.55 bits per heavy atom. The average molecular weight is 274 g/mol. The van der Waals surface area contributed by atoms with Crippen molar-refractivity contribution in [3.05, 3.63) is 35.5 Å². The molecular formula is C15H18N2O3. The molecule has 0 spiro atoms.